The summed E-state index contributed by atoms with van der Waals surface area (Å²) in [6, 6.07) is 6.06. The number of rotatable bonds is 4. The number of anilines is 1. The Morgan fingerprint density at radius 2 is 2.00 bits per heavy atom. The van der Waals surface area contributed by atoms with Crippen LogP contribution in [-0.2, 0) is 22.9 Å². The average molecular weight is 389 g/mol. The number of sulfonamides is 1. The van der Waals surface area contributed by atoms with Gasteiger partial charge in [-0.05, 0) is 62.3 Å². The number of carbonyl (C=O) groups excluding carboxylic acids is 1. The second-order valence-electron chi connectivity index (χ2n) is 7.38. The molecule has 2 heterocycles. The fourth-order valence-electron chi connectivity index (χ4n) is 3.79. The van der Waals surface area contributed by atoms with E-state index in [2.05, 4.69) is 17.4 Å². The van der Waals surface area contributed by atoms with Crippen LogP contribution in [0.5, 0.6) is 0 Å². The number of benzene rings is 1. The largest absolute Gasteiger partial charge is 0.338 e. The van der Waals surface area contributed by atoms with E-state index in [1.54, 1.807) is 0 Å². The smallest absolute Gasteiger partial charge is 0.258 e. The highest BCUT2D eigenvalue weighted by molar-refractivity contribution is 7.89. The monoisotopic (exact) mass is 389 g/mol. The molecule has 0 bridgehead atoms. The highest BCUT2D eigenvalue weighted by atomic mass is 32.2. The second-order valence-corrected chi connectivity index (χ2v) is 9.32. The van der Waals surface area contributed by atoms with Gasteiger partial charge in [-0.3, -0.25) is 10.1 Å². The van der Waals surface area contributed by atoms with Gasteiger partial charge in [0.2, 0.25) is 15.9 Å². The molecule has 27 heavy (non-hydrogen) atoms. The Morgan fingerprint density at radius 1 is 1.22 bits per heavy atom. The Balaban J connectivity index is 1.49. The summed E-state index contributed by atoms with van der Waals surface area (Å²) in [4.78, 5) is 12.7. The standard InChI is InChI=1S/C19H23N3O4S/c1-13-4-3-11-22(12-13)27(24,25)15-9-7-14(8-10-15)18(23)20-19-16-5-2-6-17(16)21-26-19/h7-10,13H,2-6,11-12H2,1H3,(H,20,23). The topological polar surface area (TPSA) is 92.5 Å². The van der Waals surface area contributed by atoms with Crippen molar-refractivity contribution in [2.45, 2.75) is 43.9 Å². The van der Waals surface area contributed by atoms with E-state index in [1.807, 2.05) is 0 Å². The summed E-state index contributed by atoms with van der Waals surface area (Å²) in [5.74, 6) is 0.421. The fourth-order valence-corrected chi connectivity index (χ4v) is 5.39. The molecule has 1 unspecified atom stereocenters. The lowest BCUT2D eigenvalue weighted by molar-refractivity contribution is 0.102. The number of fused-ring (bicyclic) bond motifs is 1. The molecular formula is C19H23N3O4S. The number of piperidine rings is 1. The van der Waals surface area contributed by atoms with Gasteiger partial charge in [0, 0.05) is 24.2 Å². The van der Waals surface area contributed by atoms with Gasteiger partial charge in [0.25, 0.3) is 5.91 Å². The van der Waals surface area contributed by atoms with E-state index in [4.69, 9.17) is 4.52 Å². The zero-order valence-corrected chi connectivity index (χ0v) is 16.1. The first-order chi connectivity index (χ1) is 12.9. The highest BCUT2D eigenvalue weighted by Gasteiger charge is 2.29. The van der Waals surface area contributed by atoms with Crippen LogP contribution in [0.25, 0.3) is 0 Å². The number of hydrogen-bond acceptors (Lipinski definition) is 5. The first kappa shape index (κ1) is 18.2. The maximum absolute atomic E-state index is 12.8. The van der Waals surface area contributed by atoms with Gasteiger partial charge < -0.3 is 4.52 Å². The molecule has 2 aliphatic rings. The minimum Gasteiger partial charge on any atom is -0.338 e. The van der Waals surface area contributed by atoms with Crippen molar-refractivity contribution in [1.29, 1.82) is 0 Å². The quantitative estimate of drug-likeness (QED) is 0.868. The van der Waals surface area contributed by atoms with Gasteiger partial charge in [0.1, 0.15) is 0 Å². The van der Waals surface area contributed by atoms with E-state index in [0.717, 1.165) is 43.4 Å². The second kappa shape index (κ2) is 7.09. The van der Waals surface area contributed by atoms with Crippen molar-refractivity contribution in [2.24, 2.45) is 5.92 Å². The molecular weight excluding hydrogens is 366 g/mol. The van der Waals surface area contributed by atoms with E-state index >= 15 is 0 Å². The molecule has 0 radical (unpaired) electrons. The Kier molecular flexibility index (Phi) is 4.77. The van der Waals surface area contributed by atoms with Crippen LogP contribution < -0.4 is 5.32 Å². The number of carbonyl (C=O) groups is 1. The minimum atomic E-state index is -3.52. The predicted molar refractivity (Wildman–Crippen MR) is 100 cm³/mol. The van der Waals surface area contributed by atoms with E-state index in [-0.39, 0.29) is 10.8 Å². The van der Waals surface area contributed by atoms with E-state index < -0.39 is 10.0 Å². The number of aromatic nitrogens is 1. The van der Waals surface area contributed by atoms with Crippen molar-refractivity contribution in [3.63, 3.8) is 0 Å². The predicted octanol–water partition coefficient (Wildman–Crippen LogP) is 2.84. The number of aryl methyl sites for hydroxylation is 1. The summed E-state index contributed by atoms with van der Waals surface area (Å²) in [5.41, 5.74) is 2.24. The molecule has 1 amide bonds. The van der Waals surface area contributed by atoms with Crippen molar-refractivity contribution < 1.29 is 17.7 Å². The lowest BCUT2D eigenvalue weighted by Crippen LogP contribution is -2.39. The molecule has 4 rings (SSSR count). The van der Waals surface area contributed by atoms with Crippen LogP contribution in [0, 0.1) is 5.92 Å². The summed E-state index contributed by atoms with van der Waals surface area (Å²) >= 11 is 0. The zero-order chi connectivity index (χ0) is 19.0. The molecule has 1 atom stereocenters. The number of nitrogens with zero attached hydrogens (tertiary/aromatic N) is 2. The normalized spacial score (nSPS) is 20.4. The van der Waals surface area contributed by atoms with Gasteiger partial charge in [0.05, 0.1) is 10.6 Å². The van der Waals surface area contributed by atoms with E-state index in [9.17, 15) is 13.2 Å². The Hall–Kier alpha value is -2.19. The van der Waals surface area contributed by atoms with Crippen molar-refractivity contribution in [2.75, 3.05) is 18.4 Å². The summed E-state index contributed by atoms with van der Waals surface area (Å²) in [6.45, 7) is 3.15. The molecule has 2 aromatic rings. The van der Waals surface area contributed by atoms with Gasteiger partial charge in [0.15, 0.2) is 0 Å². The fraction of sp³-hybridized carbons (Fsp3) is 0.474. The maximum Gasteiger partial charge on any atom is 0.258 e. The molecule has 1 saturated heterocycles. The maximum atomic E-state index is 12.8. The van der Waals surface area contributed by atoms with Crippen LogP contribution in [0.4, 0.5) is 5.88 Å². The van der Waals surface area contributed by atoms with Crippen molar-refractivity contribution in [3.8, 4) is 0 Å². The molecule has 1 N–H and O–H groups in total. The number of hydrogen-bond donors (Lipinski definition) is 1. The first-order valence-corrected chi connectivity index (χ1v) is 10.8. The average Bonchev–Trinajstić information content (AvgIpc) is 3.27. The summed E-state index contributed by atoms with van der Waals surface area (Å²) in [7, 11) is -3.52. The number of amides is 1. The molecule has 1 aromatic heterocycles. The molecule has 0 spiro atoms. The minimum absolute atomic E-state index is 0.216. The van der Waals surface area contributed by atoms with Crippen LogP contribution in [0.1, 0.15) is 47.8 Å². The molecule has 0 saturated carbocycles. The molecule has 1 fully saturated rings. The summed E-state index contributed by atoms with van der Waals surface area (Å²) in [6.07, 6.45) is 4.66. The van der Waals surface area contributed by atoms with Gasteiger partial charge in [-0.1, -0.05) is 12.1 Å². The SMILES string of the molecule is CC1CCCN(S(=O)(=O)c2ccc(C(=O)Nc3onc4c3CCC4)cc2)C1. The van der Waals surface area contributed by atoms with Crippen LogP contribution in [-0.4, -0.2) is 36.9 Å². The van der Waals surface area contributed by atoms with Gasteiger partial charge >= 0.3 is 0 Å². The molecule has 8 heteroatoms. The van der Waals surface area contributed by atoms with Crippen LogP contribution >= 0.6 is 0 Å². The first-order valence-electron chi connectivity index (χ1n) is 9.34. The van der Waals surface area contributed by atoms with Gasteiger partial charge in [-0.15, -0.1) is 0 Å². The van der Waals surface area contributed by atoms with Crippen LogP contribution in [0.15, 0.2) is 33.7 Å². The zero-order valence-electron chi connectivity index (χ0n) is 15.3. The van der Waals surface area contributed by atoms with Crippen molar-refractivity contribution in [1.82, 2.24) is 9.46 Å². The Labute approximate surface area is 158 Å². The van der Waals surface area contributed by atoms with Crippen molar-refractivity contribution >= 4 is 21.8 Å². The molecule has 144 valence electrons. The lowest BCUT2D eigenvalue weighted by Gasteiger charge is -2.30. The number of nitrogens with one attached hydrogen (secondary N) is 1. The molecule has 1 aliphatic carbocycles. The van der Waals surface area contributed by atoms with E-state index in [1.165, 1.54) is 28.6 Å². The third kappa shape index (κ3) is 3.51. The summed E-state index contributed by atoms with van der Waals surface area (Å²) in [5, 5.41) is 6.71. The van der Waals surface area contributed by atoms with Gasteiger partial charge in [-0.25, -0.2) is 8.42 Å². The molecule has 7 nitrogen and oxygen atoms in total. The third-order valence-electron chi connectivity index (χ3n) is 5.31. The highest BCUT2D eigenvalue weighted by Crippen LogP contribution is 2.29. The molecule has 1 aliphatic heterocycles. The molecule has 1 aromatic carbocycles. The van der Waals surface area contributed by atoms with Crippen LogP contribution in [0.3, 0.4) is 0 Å². The van der Waals surface area contributed by atoms with Gasteiger partial charge in [-0.2, -0.15) is 4.31 Å². The van der Waals surface area contributed by atoms with Crippen molar-refractivity contribution in [3.05, 3.63) is 41.1 Å². The van der Waals surface area contributed by atoms with E-state index in [0.29, 0.717) is 30.5 Å². The lowest BCUT2D eigenvalue weighted by atomic mass is 10.0. The van der Waals surface area contributed by atoms with Crippen LogP contribution in [0.2, 0.25) is 0 Å². The Bertz CT molecular complexity index is 950. The summed E-state index contributed by atoms with van der Waals surface area (Å²) < 4.78 is 32.3. The third-order valence-corrected chi connectivity index (χ3v) is 7.19. The Morgan fingerprint density at radius 3 is 2.74 bits per heavy atom.